The third-order valence-electron chi connectivity index (χ3n) is 1.56. The first-order valence-corrected chi connectivity index (χ1v) is 5.21. The molecule has 0 saturated heterocycles. The molecule has 0 unspecified atom stereocenters. The summed E-state index contributed by atoms with van der Waals surface area (Å²) in [7, 11) is -2.48. The van der Waals surface area contributed by atoms with Crippen LogP contribution >= 0.6 is 12.4 Å². The quantitative estimate of drug-likeness (QED) is 0.666. The van der Waals surface area contributed by atoms with Gasteiger partial charge in [-0.2, -0.15) is 0 Å². The van der Waals surface area contributed by atoms with Crippen molar-refractivity contribution in [3.63, 3.8) is 0 Å². The molecular weight excluding hydrogens is 240 g/mol. The first-order valence-electron chi connectivity index (χ1n) is 3.85. The summed E-state index contributed by atoms with van der Waals surface area (Å²) in [6.45, 7) is 0. The molecule has 0 heterocycles. The highest BCUT2D eigenvalue weighted by atomic mass is 35.5. The van der Waals surface area contributed by atoms with Crippen LogP contribution in [0.25, 0.3) is 0 Å². The first kappa shape index (κ1) is 13.7. The molecule has 84 valence electrons. The standard InChI is InChI=1S/C8H10N2O3S.ClH/c9-8(11)6-2-1-3-7(4-6)10-5-14(12)13;/h1-4,10,14H,5H2,(H2,9,11);1H. The van der Waals surface area contributed by atoms with Crippen molar-refractivity contribution >= 4 is 34.7 Å². The zero-order valence-electron chi connectivity index (χ0n) is 7.67. The van der Waals surface area contributed by atoms with Gasteiger partial charge >= 0.3 is 0 Å². The third kappa shape index (κ3) is 4.66. The number of rotatable bonds is 4. The minimum atomic E-state index is -2.48. The molecule has 0 aliphatic heterocycles. The Labute approximate surface area is 95.0 Å². The Morgan fingerprint density at radius 3 is 2.60 bits per heavy atom. The summed E-state index contributed by atoms with van der Waals surface area (Å²) in [5, 5.41) is 2.64. The summed E-state index contributed by atoms with van der Waals surface area (Å²) in [6, 6.07) is 6.34. The number of hydrogen-bond acceptors (Lipinski definition) is 4. The lowest BCUT2D eigenvalue weighted by Gasteiger charge is -2.02. The van der Waals surface area contributed by atoms with Gasteiger partial charge in [-0.25, -0.2) is 8.42 Å². The molecule has 1 amide bonds. The van der Waals surface area contributed by atoms with E-state index in [0.717, 1.165) is 0 Å². The van der Waals surface area contributed by atoms with Crippen LogP contribution in [-0.4, -0.2) is 20.2 Å². The Bertz CT molecular complexity index is 412. The van der Waals surface area contributed by atoms with Crippen LogP contribution in [0.15, 0.2) is 24.3 Å². The van der Waals surface area contributed by atoms with E-state index in [1.54, 1.807) is 18.2 Å². The minimum absolute atomic E-state index is 0. The maximum Gasteiger partial charge on any atom is 0.248 e. The number of benzene rings is 1. The number of thiol groups is 1. The molecule has 1 aromatic rings. The summed E-state index contributed by atoms with van der Waals surface area (Å²) in [5.74, 6) is -0.697. The summed E-state index contributed by atoms with van der Waals surface area (Å²) in [6.07, 6.45) is 0. The number of halogens is 1. The third-order valence-corrected chi connectivity index (χ3v) is 1.98. The monoisotopic (exact) mass is 250 g/mol. The predicted molar refractivity (Wildman–Crippen MR) is 61.0 cm³/mol. The van der Waals surface area contributed by atoms with Crippen LogP contribution in [0.3, 0.4) is 0 Å². The smallest absolute Gasteiger partial charge is 0.248 e. The maximum absolute atomic E-state index is 10.8. The van der Waals surface area contributed by atoms with Crippen LogP contribution in [0.2, 0.25) is 0 Å². The molecule has 0 aromatic heterocycles. The Morgan fingerprint density at radius 1 is 1.40 bits per heavy atom. The van der Waals surface area contributed by atoms with Crippen LogP contribution in [0, 0.1) is 0 Å². The van der Waals surface area contributed by atoms with Gasteiger partial charge in [-0.3, -0.25) is 4.79 Å². The highest BCUT2D eigenvalue weighted by molar-refractivity contribution is 7.72. The number of carbonyl (C=O) groups is 1. The van der Waals surface area contributed by atoms with Gasteiger partial charge in [0, 0.05) is 11.3 Å². The van der Waals surface area contributed by atoms with Gasteiger partial charge in [0.1, 0.15) is 5.88 Å². The van der Waals surface area contributed by atoms with E-state index < -0.39 is 16.6 Å². The van der Waals surface area contributed by atoms with Gasteiger partial charge in [-0.15, -0.1) is 12.4 Å². The van der Waals surface area contributed by atoms with Gasteiger partial charge in [-0.1, -0.05) is 6.07 Å². The van der Waals surface area contributed by atoms with Crippen LogP contribution in [0.1, 0.15) is 10.4 Å². The molecule has 5 nitrogen and oxygen atoms in total. The van der Waals surface area contributed by atoms with Gasteiger partial charge in [0.2, 0.25) is 5.91 Å². The van der Waals surface area contributed by atoms with Gasteiger partial charge < -0.3 is 11.1 Å². The summed E-state index contributed by atoms with van der Waals surface area (Å²) >= 11 is 0. The molecule has 0 fully saturated rings. The number of carbonyl (C=O) groups excluding carboxylic acids is 1. The lowest BCUT2D eigenvalue weighted by atomic mass is 10.2. The zero-order chi connectivity index (χ0) is 10.6. The van der Waals surface area contributed by atoms with E-state index in [0.29, 0.717) is 11.3 Å². The molecule has 0 saturated carbocycles. The van der Waals surface area contributed by atoms with Crippen molar-refractivity contribution < 1.29 is 13.2 Å². The van der Waals surface area contributed by atoms with E-state index in [-0.39, 0.29) is 18.3 Å². The van der Waals surface area contributed by atoms with Gasteiger partial charge in [-0.05, 0) is 18.2 Å². The second kappa shape index (κ2) is 6.26. The summed E-state index contributed by atoms with van der Waals surface area (Å²) in [5.41, 5.74) is 5.95. The largest absolute Gasteiger partial charge is 0.372 e. The molecule has 0 atom stereocenters. The van der Waals surface area contributed by atoms with Gasteiger partial charge in [0.25, 0.3) is 0 Å². The van der Waals surface area contributed by atoms with E-state index >= 15 is 0 Å². The van der Waals surface area contributed by atoms with Crippen LogP contribution < -0.4 is 11.1 Å². The molecule has 0 spiro atoms. The molecule has 15 heavy (non-hydrogen) atoms. The van der Waals surface area contributed by atoms with Gasteiger partial charge in [0.15, 0.2) is 10.7 Å². The van der Waals surface area contributed by atoms with Crippen molar-refractivity contribution in [1.82, 2.24) is 0 Å². The fourth-order valence-electron chi connectivity index (χ4n) is 0.938. The Kier molecular flexibility index (Phi) is 5.73. The molecule has 0 radical (unpaired) electrons. The minimum Gasteiger partial charge on any atom is -0.372 e. The van der Waals surface area contributed by atoms with Gasteiger partial charge in [0.05, 0.1) is 0 Å². The van der Waals surface area contributed by atoms with Crippen molar-refractivity contribution in [2.75, 3.05) is 11.2 Å². The molecule has 0 bridgehead atoms. The lowest BCUT2D eigenvalue weighted by molar-refractivity contribution is 0.100. The van der Waals surface area contributed by atoms with Crippen LogP contribution in [-0.2, 0) is 10.7 Å². The lowest BCUT2D eigenvalue weighted by Crippen LogP contribution is -2.11. The predicted octanol–water partition coefficient (Wildman–Crippen LogP) is 0.188. The Hall–Kier alpha value is -1.27. The molecule has 7 heteroatoms. The van der Waals surface area contributed by atoms with Crippen molar-refractivity contribution in [3.8, 4) is 0 Å². The average Bonchev–Trinajstić information content (AvgIpc) is 2.15. The van der Waals surface area contributed by atoms with Crippen LogP contribution in [0.5, 0.6) is 0 Å². The molecular formula is C8H11ClN2O3S. The average molecular weight is 251 g/mol. The maximum atomic E-state index is 10.8. The van der Waals surface area contributed by atoms with Crippen molar-refractivity contribution in [3.05, 3.63) is 29.8 Å². The number of nitrogens with two attached hydrogens (primary N) is 1. The molecule has 1 rings (SSSR count). The second-order valence-electron chi connectivity index (χ2n) is 2.61. The highest BCUT2D eigenvalue weighted by Gasteiger charge is 2.00. The summed E-state index contributed by atoms with van der Waals surface area (Å²) in [4.78, 5) is 10.8. The number of anilines is 1. The van der Waals surface area contributed by atoms with Crippen LogP contribution in [0.4, 0.5) is 5.69 Å². The molecule has 3 N–H and O–H groups in total. The Morgan fingerprint density at radius 2 is 2.07 bits per heavy atom. The zero-order valence-corrected chi connectivity index (χ0v) is 9.38. The molecule has 0 aliphatic carbocycles. The SMILES string of the molecule is Cl.NC(=O)c1cccc(NC[SH](=O)=O)c1. The number of primary amides is 1. The number of hydrogen-bond donors (Lipinski definition) is 3. The van der Waals surface area contributed by atoms with Crippen molar-refractivity contribution in [1.29, 1.82) is 0 Å². The van der Waals surface area contributed by atoms with E-state index in [1.807, 2.05) is 0 Å². The summed E-state index contributed by atoms with van der Waals surface area (Å²) < 4.78 is 20.5. The van der Waals surface area contributed by atoms with E-state index in [9.17, 15) is 13.2 Å². The van der Waals surface area contributed by atoms with E-state index in [2.05, 4.69) is 5.32 Å². The number of amides is 1. The van der Waals surface area contributed by atoms with Crippen molar-refractivity contribution in [2.45, 2.75) is 0 Å². The fourth-order valence-corrected chi connectivity index (χ4v) is 1.25. The van der Waals surface area contributed by atoms with E-state index in [1.165, 1.54) is 6.07 Å². The first-order chi connectivity index (χ1) is 6.59. The highest BCUT2D eigenvalue weighted by Crippen LogP contribution is 2.09. The van der Waals surface area contributed by atoms with E-state index in [4.69, 9.17) is 5.73 Å². The molecule has 1 aromatic carbocycles. The topological polar surface area (TPSA) is 89.3 Å². The van der Waals surface area contributed by atoms with Crippen molar-refractivity contribution in [2.24, 2.45) is 5.73 Å². The fraction of sp³-hybridized carbons (Fsp3) is 0.125. The second-order valence-corrected chi connectivity index (χ2v) is 3.59. The Balaban J connectivity index is 0.00000196. The molecule has 0 aliphatic rings. The number of nitrogens with one attached hydrogen (secondary N) is 1. The normalized spacial score (nSPS) is 9.40.